The maximum Gasteiger partial charge on any atom is 0.409 e. The Hall–Kier alpha value is -2.44. The number of guanidine groups is 1. The number of rotatable bonds is 8. The number of para-hydroxylation sites is 1. The van der Waals surface area contributed by atoms with Crippen molar-refractivity contribution in [1.29, 1.82) is 0 Å². The molecule has 2 rings (SSSR count). The fourth-order valence-corrected chi connectivity index (χ4v) is 2.90. The average molecular weight is 377 g/mol. The van der Waals surface area contributed by atoms with E-state index < -0.39 is 0 Å². The van der Waals surface area contributed by atoms with E-state index in [4.69, 9.17) is 9.47 Å². The van der Waals surface area contributed by atoms with E-state index in [9.17, 15) is 4.79 Å². The standard InChI is InChI=1S/C20H32N4O3/c1-3-21-19(22-13-8-16-27-18-9-6-5-7-10-18)23-17-11-14-24(15-12-17)20(25)26-4-2/h5-7,9-10,17H,3-4,8,11-16H2,1-2H3,(H2,21,22,23). The topological polar surface area (TPSA) is 75.2 Å². The molecule has 1 amide bonds. The lowest BCUT2D eigenvalue weighted by molar-refractivity contribution is 0.0963. The van der Waals surface area contributed by atoms with Gasteiger partial charge in [-0.2, -0.15) is 0 Å². The summed E-state index contributed by atoms with van der Waals surface area (Å²) in [6.45, 7) is 7.88. The number of amides is 1. The molecule has 1 aromatic rings. The molecule has 0 atom stereocenters. The van der Waals surface area contributed by atoms with Crippen LogP contribution in [0.15, 0.2) is 35.3 Å². The molecule has 2 N–H and O–H groups in total. The van der Waals surface area contributed by atoms with Crippen LogP contribution in [0.1, 0.15) is 33.1 Å². The molecule has 0 radical (unpaired) electrons. The van der Waals surface area contributed by atoms with Gasteiger partial charge in [0.25, 0.3) is 0 Å². The number of aliphatic imine (C=N–C) groups is 1. The molecule has 150 valence electrons. The van der Waals surface area contributed by atoms with Crippen molar-refractivity contribution in [1.82, 2.24) is 15.5 Å². The first-order valence-corrected chi connectivity index (χ1v) is 9.87. The fraction of sp³-hybridized carbons (Fsp3) is 0.600. The molecule has 1 heterocycles. The van der Waals surface area contributed by atoms with Crippen LogP contribution in [-0.2, 0) is 4.74 Å². The highest BCUT2D eigenvalue weighted by atomic mass is 16.6. The predicted molar refractivity (Wildman–Crippen MR) is 107 cm³/mol. The van der Waals surface area contributed by atoms with Gasteiger partial charge in [0, 0.05) is 38.6 Å². The summed E-state index contributed by atoms with van der Waals surface area (Å²) >= 11 is 0. The van der Waals surface area contributed by atoms with E-state index in [0.29, 0.717) is 38.9 Å². The molecular weight excluding hydrogens is 344 g/mol. The second-order valence-corrected chi connectivity index (χ2v) is 6.38. The highest BCUT2D eigenvalue weighted by Crippen LogP contribution is 2.11. The third kappa shape index (κ3) is 7.76. The van der Waals surface area contributed by atoms with Crippen LogP contribution < -0.4 is 15.4 Å². The number of piperidine rings is 1. The Kier molecular flexibility index (Phi) is 9.30. The molecule has 0 aliphatic carbocycles. The van der Waals surface area contributed by atoms with Crippen molar-refractivity contribution in [2.24, 2.45) is 4.99 Å². The molecular formula is C20H32N4O3. The zero-order chi connectivity index (χ0) is 19.3. The van der Waals surface area contributed by atoms with Gasteiger partial charge in [0.2, 0.25) is 0 Å². The van der Waals surface area contributed by atoms with E-state index in [-0.39, 0.29) is 6.09 Å². The number of ether oxygens (including phenoxy) is 2. The van der Waals surface area contributed by atoms with Crippen molar-refractivity contribution in [2.45, 2.75) is 39.2 Å². The first kappa shape index (κ1) is 20.9. The first-order valence-electron chi connectivity index (χ1n) is 9.87. The van der Waals surface area contributed by atoms with Gasteiger partial charge in [0.15, 0.2) is 5.96 Å². The monoisotopic (exact) mass is 376 g/mol. The lowest BCUT2D eigenvalue weighted by Crippen LogP contribution is -2.49. The van der Waals surface area contributed by atoms with Gasteiger partial charge in [-0.25, -0.2) is 4.79 Å². The third-order valence-electron chi connectivity index (χ3n) is 4.29. The van der Waals surface area contributed by atoms with Crippen molar-refractivity contribution >= 4 is 12.1 Å². The lowest BCUT2D eigenvalue weighted by Gasteiger charge is -2.32. The minimum Gasteiger partial charge on any atom is -0.494 e. The smallest absolute Gasteiger partial charge is 0.409 e. The van der Waals surface area contributed by atoms with Crippen LogP contribution in [-0.4, -0.2) is 62.4 Å². The normalized spacial score (nSPS) is 15.3. The van der Waals surface area contributed by atoms with Gasteiger partial charge < -0.3 is 25.0 Å². The second kappa shape index (κ2) is 12.0. The molecule has 1 aromatic carbocycles. The average Bonchev–Trinajstić information content (AvgIpc) is 2.69. The number of nitrogens with zero attached hydrogens (tertiary/aromatic N) is 2. The van der Waals surface area contributed by atoms with Crippen LogP contribution in [0.2, 0.25) is 0 Å². The molecule has 1 fully saturated rings. The van der Waals surface area contributed by atoms with Crippen molar-refractivity contribution in [3.05, 3.63) is 30.3 Å². The second-order valence-electron chi connectivity index (χ2n) is 6.38. The summed E-state index contributed by atoms with van der Waals surface area (Å²) < 4.78 is 10.8. The van der Waals surface area contributed by atoms with E-state index in [1.165, 1.54) is 0 Å². The molecule has 0 aromatic heterocycles. The molecule has 0 unspecified atom stereocenters. The molecule has 0 spiro atoms. The van der Waals surface area contributed by atoms with Crippen LogP contribution in [0.4, 0.5) is 4.79 Å². The van der Waals surface area contributed by atoms with Gasteiger partial charge in [-0.3, -0.25) is 4.99 Å². The van der Waals surface area contributed by atoms with Crippen LogP contribution in [0.3, 0.4) is 0 Å². The number of carbonyl (C=O) groups is 1. The van der Waals surface area contributed by atoms with Crippen molar-refractivity contribution in [2.75, 3.05) is 39.4 Å². The molecule has 1 aliphatic rings. The summed E-state index contributed by atoms with van der Waals surface area (Å²) in [6.07, 6.45) is 2.42. The highest BCUT2D eigenvalue weighted by Gasteiger charge is 2.23. The number of hydrogen-bond donors (Lipinski definition) is 2. The third-order valence-corrected chi connectivity index (χ3v) is 4.29. The SMILES string of the molecule is CCNC(=NCCCOc1ccccc1)NC1CCN(C(=O)OCC)CC1. The van der Waals surface area contributed by atoms with E-state index in [1.807, 2.05) is 37.3 Å². The summed E-state index contributed by atoms with van der Waals surface area (Å²) in [5.41, 5.74) is 0. The van der Waals surface area contributed by atoms with Crippen LogP contribution >= 0.6 is 0 Å². The van der Waals surface area contributed by atoms with E-state index >= 15 is 0 Å². The minimum absolute atomic E-state index is 0.213. The number of benzene rings is 1. The Morgan fingerprint density at radius 3 is 2.63 bits per heavy atom. The number of hydrogen-bond acceptors (Lipinski definition) is 4. The number of likely N-dealkylation sites (tertiary alicyclic amines) is 1. The summed E-state index contributed by atoms with van der Waals surface area (Å²) in [6, 6.07) is 10.1. The van der Waals surface area contributed by atoms with Gasteiger partial charge in [-0.05, 0) is 38.8 Å². The molecule has 7 nitrogen and oxygen atoms in total. The molecule has 1 saturated heterocycles. The Bertz CT molecular complexity index is 572. The van der Waals surface area contributed by atoms with E-state index in [0.717, 1.165) is 37.5 Å². The van der Waals surface area contributed by atoms with Crippen molar-refractivity contribution < 1.29 is 14.3 Å². The Balaban J connectivity index is 1.69. The molecule has 27 heavy (non-hydrogen) atoms. The minimum atomic E-state index is -0.213. The largest absolute Gasteiger partial charge is 0.494 e. The Morgan fingerprint density at radius 1 is 1.22 bits per heavy atom. The maximum absolute atomic E-state index is 11.8. The van der Waals surface area contributed by atoms with Gasteiger partial charge >= 0.3 is 6.09 Å². The van der Waals surface area contributed by atoms with Gasteiger partial charge in [0.05, 0.1) is 13.2 Å². The quantitative estimate of drug-likeness (QED) is 0.414. The van der Waals surface area contributed by atoms with Gasteiger partial charge in [0.1, 0.15) is 5.75 Å². The predicted octanol–water partition coefficient (Wildman–Crippen LogP) is 2.63. The summed E-state index contributed by atoms with van der Waals surface area (Å²) in [7, 11) is 0. The summed E-state index contributed by atoms with van der Waals surface area (Å²) in [4.78, 5) is 18.2. The van der Waals surface area contributed by atoms with Crippen molar-refractivity contribution in [3.63, 3.8) is 0 Å². The fourth-order valence-electron chi connectivity index (χ4n) is 2.90. The van der Waals surface area contributed by atoms with E-state index in [1.54, 1.807) is 4.90 Å². The Labute approximate surface area is 162 Å². The van der Waals surface area contributed by atoms with Crippen LogP contribution in [0, 0.1) is 0 Å². The molecule has 0 bridgehead atoms. The lowest BCUT2D eigenvalue weighted by atomic mass is 10.1. The zero-order valence-electron chi connectivity index (χ0n) is 16.4. The van der Waals surface area contributed by atoms with Crippen LogP contribution in [0.5, 0.6) is 5.75 Å². The number of nitrogens with one attached hydrogen (secondary N) is 2. The Morgan fingerprint density at radius 2 is 1.96 bits per heavy atom. The summed E-state index contributed by atoms with van der Waals surface area (Å²) in [5.74, 6) is 1.71. The molecule has 0 saturated carbocycles. The highest BCUT2D eigenvalue weighted by molar-refractivity contribution is 5.80. The number of carbonyl (C=O) groups excluding carboxylic acids is 1. The summed E-state index contributed by atoms with van der Waals surface area (Å²) in [5, 5.41) is 6.76. The molecule has 7 heteroatoms. The maximum atomic E-state index is 11.8. The molecule has 1 aliphatic heterocycles. The first-order chi connectivity index (χ1) is 13.2. The zero-order valence-corrected chi connectivity index (χ0v) is 16.4. The van der Waals surface area contributed by atoms with E-state index in [2.05, 4.69) is 22.5 Å². The van der Waals surface area contributed by atoms with Crippen molar-refractivity contribution in [3.8, 4) is 5.75 Å². The van der Waals surface area contributed by atoms with Gasteiger partial charge in [-0.15, -0.1) is 0 Å². The van der Waals surface area contributed by atoms with Crippen LogP contribution in [0.25, 0.3) is 0 Å². The van der Waals surface area contributed by atoms with Gasteiger partial charge in [-0.1, -0.05) is 18.2 Å².